The maximum absolute atomic E-state index is 13.9. The van der Waals surface area contributed by atoms with Crippen molar-refractivity contribution in [3.05, 3.63) is 34.9 Å². The highest BCUT2D eigenvalue weighted by Crippen LogP contribution is 2.27. The number of rotatable bonds is 8. The molecule has 1 aromatic rings. The second-order valence-electron chi connectivity index (χ2n) is 11.1. The van der Waals surface area contributed by atoms with Crippen LogP contribution in [0.3, 0.4) is 0 Å². The van der Waals surface area contributed by atoms with Gasteiger partial charge < -0.3 is 20.3 Å². The van der Waals surface area contributed by atoms with Gasteiger partial charge in [0.25, 0.3) is 0 Å². The largest absolute Gasteiger partial charge is 0.444 e. The number of nitrogens with one attached hydrogen (secondary N) is 2. The Hall–Kier alpha value is -3.08. The molecule has 0 bridgehead atoms. The lowest BCUT2D eigenvalue weighted by atomic mass is 9.94. The van der Waals surface area contributed by atoms with Crippen LogP contribution in [0.4, 0.5) is 4.79 Å². The van der Waals surface area contributed by atoms with Crippen molar-refractivity contribution in [2.24, 2.45) is 5.92 Å². The molecule has 0 fully saturated rings. The zero-order chi connectivity index (χ0) is 27.1. The highest BCUT2D eigenvalue weighted by molar-refractivity contribution is 5.92. The molecule has 0 aromatic heterocycles. The molecule has 0 spiro atoms. The van der Waals surface area contributed by atoms with Crippen molar-refractivity contribution < 1.29 is 19.1 Å². The fraction of sp³-hybridized carbons (Fsp3) is 0.630. The van der Waals surface area contributed by atoms with E-state index in [1.807, 2.05) is 66.7 Å². The van der Waals surface area contributed by atoms with Crippen LogP contribution in [0.2, 0.25) is 0 Å². The number of nitriles is 1. The van der Waals surface area contributed by atoms with E-state index in [0.717, 1.165) is 11.1 Å². The van der Waals surface area contributed by atoms with Crippen molar-refractivity contribution in [2.45, 2.75) is 98.9 Å². The van der Waals surface area contributed by atoms with Gasteiger partial charge in [0.1, 0.15) is 24.2 Å². The number of hydrogen-bond donors (Lipinski definition) is 2. The first-order valence-corrected chi connectivity index (χ1v) is 12.1. The van der Waals surface area contributed by atoms with E-state index in [1.54, 1.807) is 26.8 Å². The highest BCUT2D eigenvalue weighted by Gasteiger charge is 2.39. The minimum Gasteiger partial charge on any atom is -0.444 e. The van der Waals surface area contributed by atoms with Crippen LogP contribution >= 0.6 is 0 Å². The van der Waals surface area contributed by atoms with Gasteiger partial charge in [0.05, 0.1) is 6.07 Å². The summed E-state index contributed by atoms with van der Waals surface area (Å²) >= 11 is 0. The normalized spacial score (nSPS) is 14.2. The second kappa shape index (κ2) is 12.1. The Labute approximate surface area is 210 Å². The molecule has 0 aliphatic heterocycles. The highest BCUT2D eigenvalue weighted by atomic mass is 16.6. The van der Waals surface area contributed by atoms with Crippen LogP contribution in [0.1, 0.15) is 84.5 Å². The SMILES string of the molecule is CCC(C)C(NC(=O)OC(C)(C)C)C(=O)N(CC#N)C(C(=O)NC(C)(C)C)c1ccc(C)c(C)c1. The molecule has 3 amide bonds. The van der Waals surface area contributed by atoms with Crippen molar-refractivity contribution in [1.82, 2.24) is 15.5 Å². The molecule has 2 N–H and O–H groups in total. The number of alkyl carbamates (subject to hydrolysis) is 1. The Balaban J connectivity index is 3.56. The molecule has 0 aliphatic carbocycles. The van der Waals surface area contributed by atoms with Crippen LogP contribution < -0.4 is 10.6 Å². The predicted molar refractivity (Wildman–Crippen MR) is 136 cm³/mol. The van der Waals surface area contributed by atoms with Gasteiger partial charge in [-0.25, -0.2) is 4.79 Å². The van der Waals surface area contributed by atoms with E-state index in [1.165, 1.54) is 4.90 Å². The Morgan fingerprint density at radius 2 is 1.69 bits per heavy atom. The molecule has 194 valence electrons. The molecule has 1 aromatic carbocycles. The average molecular weight is 487 g/mol. The maximum Gasteiger partial charge on any atom is 0.408 e. The molecule has 0 radical (unpaired) electrons. The second-order valence-corrected chi connectivity index (χ2v) is 11.1. The number of nitrogens with zero attached hydrogens (tertiary/aromatic N) is 2. The van der Waals surface area contributed by atoms with Crippen LogP contribution in [-0.2, 0) is 14.3 Å². The van der Waals surface area contributed by atoms with Crippen LogP contribution in [0.5, 0.6) is 0 Å². The molecule has 0 saturated heterocycles. The third-order valence-electron chi connectivity index (χ3n) is 5.58. The molecule has 1 rings (SSSR count). The summed E-state index contributed by atoms with van der Waals surface area (Å²) in [5.41, 5.74) is 1.31. The van der Waals surface area contributed by atoms with Crippen molar-refractivity contribution in [3.8, 4) is 6.07 Å². The van der Waals surface area contributed by atoms with E-state index in [4.69, 9.17) is 4.74 Å². The topological polar surface area (TPSA) is 112 Å². The zero-order valence-electron chi connectivity index (χ0n) is 22.9. The number of ether oxygens (including phenoxy) is 1. The lowest BCUT2D eigenvalue weighted by Crippen LogP contribution is -2.56. The number of hydrogen-bond acceptors (Lipinski definition) is 5. The Kier molecular flexibility index (Phi) is 10.3. The summed E-state index contributed by atoms with van der Waals surface area (Å²) in [6, 6.07) is 5.56. The third-order valence-corrected chi connectivity index (χ3v) is 5.58. The molecule has 3 unspecified atom stereocenters. The first kappa shape index (κ1) is 30.0. The molecule has 8 nitrogen and oxygen atoms in total. The Bertz CT molecular complexity index is 953. The standard InChI is InChI=1S/C27H42N4O4/c1-11-17(2)21(29-25(34)35-27(8,9)10)24(33)31(15-14-28)22(23(32)30-26(5,6)7)20-13-12-18(3)19(4)16-20/h12-13,16-17,21-22H,11,15H2,1-10H3,(H,29,34)(H,30,32). The van der Waals surface area contributed by atoms with E-state index in [9.17, 15) is 19.6 Å². The molecule has 3 atom stereocenters. The fourth-order valence-electron chi connectivity index (χ4n) is 3.51. The number of carbonyl (C=O) groups excluding carboxylic acids is 3. The molecule has 0 heterocycles. The lowest BCUT2D eigenvalue weighted by Gasteiger charge is -2.36. The Morgan fingerprint density at radius 1 is 1.09 bits per heavy atom. The van der Waals surface area contributed by atoms with E-state index in [2.05, 4.69) is 10.6 Å². The van der Waals surface area contributed by atoms with E-state index in [-0.39, 0.29) is 12.5 Å². The summed E-state index contributed by atoms with van der Waals surface area (Å²) in [4.78, 5) is 41.2. The van der Waals surface area contributed by atoms with Gasteiger partial charge in [-0.3, -0.25) is 9.59 Å². The summed E-state index contributed by atoms with van der Waals surface area (Å²) < 4.78 is 5.37. The number of carbonyl (C=O) groups is 3. The molecule has 35 heavy (non-hydrogen) atoms. The van der Waals surface area contributed by atoms with Crippen LogP contribution in [0, 0.1) is 31.1 Å². The summed E-state index contributed by atoms with van der Waals surface area (Å²) in [5.74, 6) is -1.18. The van der Waals surface area contributed by atoms with Crippen LogP contribution in [0.15, 0.2) is 18.2 Å². The third kappa shape index (κ3) is 9.23. The van der Waals surface area contributed by atoms with Crippen molar-refractivity contribution in [2.75, 3.05) is 6.54 Å². The van der Waals surface area contributed by atoms with Crippen molar-refractivity contribution in [1.29, 1.82) is 5.26 Å². The maximum atomic E-state index is 13.9. The molecular weight excluding hydrogens is 444 g/mol. The average Bonchev–Trinajstić information content (AvgIpc) is 2.70. The molecule has 0 aliphatic rings. The Morgan fingerprint density at radius 3 is 2.14 bits per heavy atom. The monoisotopic (exact) mass is 486 g/mol. The van der Waals surface area contributed by atoms with Gasteiger partial charge in [-0.05, 0) is 78.0 Å². The van der Waals surface area contributed by atoms with Gasteiger partial charge in [0.2, 0.25) is 11.8 Å². The van der Waals surface area contributed by atoms with Gasteiger partial charge >= 0.3 is 6.09 Å². The van der Waals surface area contributed by atoms with Crippen LogP contribution in [-0.4, -0.2) is 46.5 Å². The summed E-state index contributed by atoms with van der Waals surface area (Å²) in [6.07, 6.45) is -0.135. The van der Waals surface area contributed by atoms with Gasteiger partial charge in [-0.15, -0.1) is 0 Å². The predicted octanol–water partition coefficient (Wildman–Crippen LogP) is 4.55. The molecular formula is C27H42N4O4. The summed E-state index contributed by atoms with van der Waals surface area (Å²) in [5, 5.41) is 15.2. The molecule has 0 saturated carbocycles. The minimum atomic E-state index is -1.05. The van der Waals surface area contributed by atoms with Crippen molar-refractivity contribution in [3.63, 3.8) is 0 Å². The number of benzene rings is 1. The van der Waals surface area contributed by atoms with Gasteiger partial charge in [-0.1, -0.05) is 38.5 Å². The zero-order valence-corrected chi connectivity index (χ0v) is 22.9. The number of amides is 3. The van der Waals surface area contributed by atoms with E-state index >= 15 is 0 Å². The van der Waals surface area contributed by atoms with E-state index in [0.29, 0.717) is 12.0 Å². The van der Waals surface area contributed by atoms with Gasteiger partial charge in [-0.2, -0.15) is 5.26 Å². The quantitative estimate of drug-likeness (QED) is 0.524. The van der Waals surface area contributed by atoms with E-state index < -0.39 is 41.1 Å². The summed E-state index contributed by atoms with van der Waals surface area (Å²) in [7, 11) is 0. The lowest BCUT2D eigenvalue weighted by molar-refractivity contribution is -0.143. The number of aryl methyl sites for hydroxylation is 2. The first-order chi connectivity index (χ1) is 16.0. The first-order valence-electron chi connectivity index (χ1n) is 12.1. The van der Waals surface area contributed by atoms with Gasteiger partial charge in [0.15, 0.2) is 0 Å². The van der Waals surface area contributed by atoms with Crippen LogP contribution in [0.25, 0.3) is 0 Å². The smallest absolute Gasteiger partial charge is 0.408 e. The van der Waals surface area contributed by atoms with Crippen molar-refractivity contribution >= 4 is 17.9 Å². The molecule has 8 heteroatoms. The minimum absolute atomic E-state index is 0.262. The van der Waals surface area contributed by atoms with Gasteiger partial charge in [0, 0.05) is 5.54 Å². The fourth-order valence-corrected chi connectivity index (χ4v) is 3.51. The summed E-state index contributed by atoms with van der Waals surface area (Å²) in [6.45, 7) is 18.1.